The van der Waals surface area contributed by atoms with Crippen LogP contribution in [0.2, 0.25) is 0 Å². The molecule has 1 unspecified atom stereocenters. The lowest BCUT2D eigenvalue weighted by Crippen LogP contribution is -2.28. The van der Waals surface area contributed by atoms with Crippen LogP contribution in [0.5, 0.6) is 0 Å². The number of aliphatic hydroxyl groups excluding tert-OH is 1. The summed E-state index contributed by atoms with van der Waals surface area (Å²) >= 11 is 0. The van der Waals surface area contributed by atoms with E-state index in [1.165, 1.54) is 0 Å². The maximum atomic E-state index is 11.9. The molecule has 2 N–H and O–H groups in total. The van der Waals surface area contributed by atoms with Gasteiger partial charge in [-0.2, -0.15) is 0 Å². The number of hydrogen-bond donors (Lipinski definition) is 2. The zero-order valence-corrected chi connectivity index (χ0v) is 13.8. The van der Waals surface area contributed by atoms with E-state index in [2.05, 4.69) is 5.32 Å². The third kappa shape index (κ3) is 6.26. The third-order valence-electron chi connectivity index (χ3n) is 2.78. The van der Waals surface area contributed by atoms with E-state index in [-0.39, 0.29) is 5.92 Å². The van der Waals surface area contributed by atoms with Crippen molar-refractivity contribution in [2.24, 2.45) is 5.92 Å². The fourth-order valence-corrected chi connectivity index (χ4v) is 1.81. The summed E-state index contributed by atoms with van der Waals surface area (Å²) in [4.78, 5) is 23.7. The Morgan fingerprint density at radius 2 is 1.73 bits per heavy atom. The first-order valence-electron chi connectivity index (χ1n) is 7.41. The highest BCUT2D eigenvalue weighted by Crippen LogP contribution is 2.15. The number of hydrogen-bond acceptors (Lipinski definition) is 4. The summed E-state index contributed by atoms with van der Waals surface area (Å²) in [5.41, 5.74) is 0.390. The minimum Gasteiger partial charge on any atom is -0.456 e. The van der Waals surface area contributed by atoms with Gasteiger partial charge in [-0.3, -0.25) is 4.79 Å². The molecule has 0 saturated heterocycles. The van der Waals surface area contributed by atoms with Crippen LogP contribution in [0.4, 0.5) is 5.69 Å². The van der Waals surface area contributed by atoms with Crippen molar-refractivity contribution >= 4 is 17.6 Å². The molecule has 0 bridgehead atoms. The third-order valence-corrected chi connectivity index (χ3v) is 2.78. The summed E-state index contributed by atoms with van der Waals surface area (Å²) in [6.45, 7) is 9.28. The highest BCUT2D eigenvalue weighted by Gasteiger charge is 2.19. The van der Waals surface area contributed by atoms with Crippen LogP contribution in [0.25, 0.3) is 0 Å². The lowest BCUT2D eigenvalue weighted by Gasteiger charge is -2.19. The molecule has 1 aromatic carbocycles. The Hall–Kier alpha value is -1.88. The molecule has 0 radical (unpaired) electrons. The normalized spacial score (nSPS) is 12.9. The van der Waals surface area contributed by atoms with E-state index >= 15 is 0 Å². The number of benzene rings is 1. The number of rotatable bonds is 5. The van der Waals surface area contributed by atoms with Crippen LogP contribution in [-0.2, 0) is 9.53 Å². The number of carbonyl (C=O) groups is 2. The summed E-state index contributed by atoms with van der Waals surface area (Å²) in [5.74, 6) is -0.626. The summed E-state index contributed by atoms with van der Waals surface area (Å²) in [6, 6.07) is 6.38. The maximum absolute atomic E-state index is 11.9. The topological polar surface area (TPSA) is 75.6 Å². The first-order valence-corrected chi connectivity index (χ1v) is 7.41. The molecular formula is C17H25NO4. The second-order valence-electron chi connectivity index (χ2n) is 6.71. The summed E-state index contributed by atoms with van der Waals surface area (Å²) in [5, 5.41) is 12.4. The first kappa shape index (κ1) is 18.2. The second-order valence-corrected chi connectivity index (χ2v) is 6.71. The molecule has 0 heterocycles. The van der Waals surface area contributed by atoms with Gasteiger partial charge in [0.15, 0.2) is 0 Å². The van der Waals surface area contributed by atoms with Crippen LogP contribution in [0.1, 0.15) is 51.4 Å². The molecule has 0 aliphatic heterocycles. The molecule has 1 atom stereocenters. The molecule has 0 spiro atoms. The van der Waals surface area contributed by atoms with Gasteiger partial charge in [-0.25, -0.2) is 4.79 Å². The Kier molecular flexibility index (Phi) is 6.11. The number of anilines is 1. The van der Waals surface area contributed by atoms with Gasteiger partial charge in [0.1, 0.15) is 11.7 Å². The summed E-state index contributed by atoms with van der Waals surface area (Å²) < 4.78 is 5.26. The van der Waals surface area contributed by atoms with Gasteiger partial charge in [0.25, 0.3) is 5.91 Å². The molecule has 5 nitrogen and oxygen atoms in total. The van der Waals surface area contributed by atoms with Gasteiger partial charge in [0.05, 0.1) is 5.56 Å². The Labute approximate surface area is 131 Å². The van der Waals surface area contributed by atoms with Crippen molar-refractivity contribution < 1.29 is 19.4 Å². The Bertz CT molecular complexity index is 514. The van der Waals surface area contributed by atoms with Crippen molar-refractivity contribution in [2.75, 3.05) is 5.32 Å². The number of amides is 1. The van der Waals surface area contributed by atoms with Crippen molar-refractivity contribution in [3.8, 4) is 0 Å². The smallest absolute Gasteiger partial charge is 0.338 e. The molecule has 122 valence electrons. The van der Waals surface area contributed by atoms with Crippen molar-refractivity contribution in [1.29, 1.82) is 0 Å². The molecule has 22 heavy (non-hydrogen) atoms. The van der Waals surface area contributed by atoms with Crippen LogP contribution in [0.15, 0.2) is 24.3 Å². The van der Waals surface area contributed by atoms with Crippen LogP contribution < -0.4 is 5.32 Å². The number of aliphatic hydroxyl groups is 1. The zero-order chi connectivity index (χ0) is 16.9. The maximum Gasteiger partial charge on any atom is 0.338 e. The standard InChI is InChI=1S/C17H25NO4/c1-11(2)10-14(19)15(20)18-13-8-6-12(7-9-13)16(21)22-17(3,4)5/h6-9,11,14,19H,10H2,1-5H3,(H,18,20). The fraction of sp³-hybridized carbons (Fsp3) is 0.529. The van der Waals surface area contributed by atoms with E-state index < -0.39 is 23.6 Å². The van der Waals surface area contributed by atoms with Crippen LogP contribution >= 0.6 is 0 Å². The Morgan fingerprint density at radius 1 is 1.18 bits per heavy atom. The molecule has 0 aliphatic carbocycles. The van der Waals surface area contributed by atoms with Gasteiger partial charge < -0.3 is 15.2 Å². The molecular weight excluding hydrogens is 282 g/mol. The first-order chi connectivity index (χ1) is 10.1. The predicted octanol–water partition coefficient (Wildman–Crippen LogP) is 2.99. The molecule has 5 heteroatoms. The summed E-state index contributed by atoms with van der Waals surface area (Å²) in [6.07, 6.45) is -0.632. The molecule has 0 saturated carbocycles. The van der Waals surface area contributed by atoms with E-state index in [9.17, 15) is 14.7 Å². The van der Waals surface area contributed by atoms with Crippen molar-refractivity contribution in [3.05, 3.63) is 29.8 Å². The van der Waals surface area contributed by atoms with Gasteiger partial charge in [-0.05, 0) is 57.4 Å². The molecule has 1 aromatic rings. The zero-order valence-electron chi connectivity index (χ0n) is 13.8. The SMILES string of the molecule is CC(C)CC(O)C(=O)Nc1ccc(C(=O)OC(C)(C)C)cc1. The monoisotopic (exact) mass is 307 g/mol. The number of ether oxygens (including phenoxy) is 1. The second kappa shape index (κ2) is 7.40. The van der Waals surface area contributed by atoms with Crippen LogP contribution in [0.3, 0.4) is 0 Å². The highest BCUT2D eigenvalue weighted by atomic mass is 16.6. The number of esters is 1. The van der Waals surface area contributed by atoms with Gasteiger partial charge in [-0.15, -0.1) is 0 Å². The molecule has 0 aromatic heterocycles. The van der Waals surface area contributed by atoms with E-state index in [4.69, 9.17) is 4.74 Å². The van der Waals surface area contributed by atoms with Crippen LogP contribution in [-0.4, -0.2) is 28.7 Å². The van der Waals surface area contributed by atoms with E-state index in [0.717, 1.165) is 0 Å². The molecule has 1 amide bonds. The average Bonchev–Trinajstić information content (AvgIpc) is 2.36. The van der Waals surface area contributed by atoms with Gasteiger partial charge in [-0.1, -0.05) is 13.8 Å². The number of carbonyl (C=O) groups excluding carboxylic acids is 2. The minimum atomic E-state index is -1.04. The van der Waals surface area contributed by atoms with Gasteiger partial charge >= 0.3 is 5.97 Å². The number of nitrogens with one attached hydrogen (secondary N) is 1. The highest BCUT2D eigenvalue weighted by molar-refractivity contribution is 5.95. The van der Waals surface area contributed by atoms with Gasteiger partial charge in [0.2, 0.25) is 0 Å². The quantitative estimate of drug-likeness (QED) is 0.820. The lowest BCUT2D eigenvalue weighted by molar-refractivity contribution is -0.124. The van der Waals surface area contributed by atoms with Crippen molar-refractivity contribution in [2.45, 2.75) is 52.7 Å². The Balaban J connectivity index is 2.65. The average molecular weight is 307 g/mol. The predicted molar refractivity (Wildman–Crippen MR) is 85.7 cm³/mol. The van der Waals surface area contributed by atoms with E-state index in [1.54, 1.807) is 45.0 Å². The fourth-order valence-electron chi connectivity index (χ4n) is 1.81. The summed E-state index contributed by atoms with van der Waals surface area (Å²) in [7, 11) is 0. The van der Waals surface area contributed by atoms with E-state index in [1.807, 2.05) is 13.8 Å². The lowest BCUT2D eigenvalue weighted by atomic mass is 10.1. The van der Waals surface area contributed by atoms with Crippen LogP contribution in [0, 0.1) is 5.92 Å². The van der Waals surface area contributed by atoms with Crippen molar-refractivity contribution in [1.82, 2.24) is 0 Å². The van der Waals surface area contributed by atoms with Gasteiger partial charge in [0, 0.05) is 5.69 Å². The minimum absolute atomic E-state index is 0.232. The van der Waals surface area contributed by atoms with E-state index in [0.29, 0.717) is 17.7 Å². The van der Waals surface area contributed by atoms with Crippen molar-refractivity contribution in [3.63, 3.8) is 0 Å². The molecule has 0 aliphatic rings. The molecule has 0 fully saturated rings. The molecule has 1 rings (SSSR count). The largest absolute Gasteiger partial charge is 0.456 e. The Morgan fingerprint density at radius 3 is 2.18 bits per heavy atom.